The van der Waals surface area contributed by atoms with Crippen molar-refractivity contribution in [1.29, 1.82) is 0 Å². The first-order valence-electron chi connectivity index (χ1n) is 5.67. The summed E-state index contributed by atoms with van der Waals surface area (Å²) >= 11 is 2.93. The summed E-state index contributed by atoms with van der Waals surface area (Å²) in [5.74, 6) is -4.78. The fraction of sp³-hybridized carbons (Fsp3) is 0. The second kappa shape index (κ2) is 4.73. The van der Waals surface area contributed by atoms with Crippen LogP contribution in [0.5, 0.6) is 0 Å². The summed E-state index contributed by atoms with van der Waals surface area (Å²) in [6, 6.07) is 4.01. The highest BCUT2D eigenvalue weighted by molar-refractivity contribution is 9.10. The lowest BCUT2D eigenvalue weighted by molar-refractivity contribution is 0.513. The molecule has 0 saturated heterocycles. The largest absolute Gasteiger partial charge is 0.369 e. The van der Waals surface area contributed by atoms with Crippen molar-refractivity contribution in [3.8, 4) is 5.69 Å². The molecular weight excluding hydrogens is 354 g/mol. The standard InChI is InChI=1S/C13H6BrF4N3/c14-5-3-7(16)11(8(17)4-5)21-12-9(20-13(21)19)2-1-6(15)10(12)18/h1-4H,(H2,19,20). The van der Waals surface area contributed by atoms with E-state index in [4.69, 9.17) is 5.73 Å². The fourth-order valence-electron chi connectivity index (χ4n) is 2.10. The van der Waals surface area contributed by atoms with Crippen LogP contribution in [0.2, 0.25) is 0 Å². The number of imidazole rings is 1. The van der Waals surface area contributed by atoms with Gasteiger partial charge in [0.2, 0.25) is 5.95 Å². The minimum atomic E-state index is -1.28. The third-order valence-electron chi connectivity index (χ3n) is 2.94. The lowest BCUT2D eigenvalue weighted by Crippen LogP contribution is -2.07. The lowest BCUT2D eigenvalue weighted by atomic mass is 10.2. The molecule has 21 heavy (non-hydrogen) atoms. The Morgan fingerprint density at radius 1 is 1.00 bits per heavy atom. The van der Waals surface area contributed by atoms with Gasteiger partial charge in [-0.3, -0.25) is 4.57 Å². The third-order valence-corrected chi connectivity index (χ3v) is 3.40. The molecule has 3 aromatic rings. The summed E-state index contributed by atoms with van der Waals surface area (Å²) in [5, 5.41) is 0. The zero-order valence-electron chi connectivity index (χ0n) is 10.2. The quantitative estimate of drug-likeness (QED) is 0.669. The third kappa shape index (κ3) is 2.06. The predicted octanol–water partition coefficient (Wildman–Crippen LogP) is 3.93. The van der Waals surface area contributed by atoms with Crippen LogP contribution in [0.1, 0.15) is 0 Å². The van der Waals surface area contributed by atoms with Gasteiger partial charge in [0, 0.05) is 4.47 Å². The van der Waals surface area contributed by atoms with Crippen molar-refractivity contribution in [1.82, 2.24) is 9.55 Å². The van der Waals surface area contributed by atoms with Gasteiger partial charge in [0.05, 0.1) is 5.52 Å². The molecule has 2 aromatic carbocycles. The van der Waals surface area contributed by atoms with Crippen LogP contribution in [0, 0.1) is 23.3 Å². The summed E-state index contributed by atoms with van der Waals surface area (Å²) in [6.45, 7) is 0. The molecule has 3 rings (SSSR count). The molecule has 108 valence electrons. The number of anilines is 1. The van der Waals surface area contributed by atoms with Gasteiger partial charge in [-0.1, -0.05) is 15.9 Å². The molecule has 1 heterocycles. The average Bonchev–Trinajstić information content (AvgIpc) is 2.71. The first kappa shape index (κ1) is 13.9. The molecule has 0 amide bonds. The van der Waals surface area contributed by atoms with E-state index in [2.05, 4.69) is 20.9 Å². The van der Waals surface area contributed by atoms with Crippen LogP contribution in [-0.2, 0) is 0 Å². The Morgan fingerprint density at radius 3 is 2.24 bits per heavy atom. The van der Waals surface area contributed by atoms with Crippen LogP contribution in [-0.4, -0.2) is 9.55 Å². The Labute approximate surface area is 124 Å². The van der Waals surface area contributed by atoms with E-state index in [-0.39, 0.29) is 15.9 Å². The van der Waals surface area contributed by atoms with Gasteiger partial charge in [-0.25, -0.2) is 22.5 Å². The number of fused-ring (bicyclic) bond motifs is 1. The zero-order valence-corrected chi connectivity index (χ0v) is 11.8. The molecule has 0 aliphatic rings. The van der Waals surface area contributed by atoms with Crippen molar-refractivity contribution in [2.75, 3.05) is 5.73 Å². The van der Waals surface area contributed by atoms with Gasteiger partial charge in [0.25, 0.3) is 0 Å². The van der Waals surface area contributed by atoms with E-state index in [1.807, 2.05) is 0 Å². The molecule has 8 heteroatoms. The van der Waals surface area contributed by atoms with Gasteiger partial charge in [0.15, 0.2) is 23.3 Å². The fourth-order valence-corrected chi connectivity index (χ4v) is 2.50. The molecule has 0 spiro atoms. The molecule has 0 fully saturated rings. The van der Waals surface area contributed by atoms with Crippen molar-refractivity contribution in [3.63, 3.8) is 0 Å². The monoisotopic (exact) mass is 359 g/mol. The van der Waals surface area contributed by atoms with Crippen LogP contribution < -0.4 is 5.73 Å². The summed E-state index contributed by atoms with van der Waals surface area (Å²) in [7, 11) is 0. The zero-order chi connectivity index (χ0) is 15.3. The SMILES string of the molecule is Nc1nc2ccc(F)c(F)c2n1-c1c(F)cc(Br)cc1F. The molecule has 0 aliphatic heterocycles. The van der Waals surface area contributed by atoms with Gasteiger partial charge in [-0.05, 0) is 24.3 Å². The number of aromatic nitrogens is 2. The molecular formula is C13H6BrF4N3. The highest BCUT2D eigenvalue weighted by Gasteiger charge is 2.22. The van der Waals surface area contributed by atoms with Crippen LogP contribution in [0.4, 0.5) is 23.5 Å². The Hall–Kier alpha value is -2.09. The van der Waals surface area contributed by atoms with Crippen molar-refractivity contribution in [2.45, 2.75) is 0 Å². The maximum absolute atomic E-state index is 14.0. The summed E-state index contributed by atoms with van der Waals surface area (Å²) < 4.78 is 56.2. The van der Waals surface area contributed by atoms with E-state index in [1.54, 1.807) is 0 Å². The summed E-state index contributed by atoms with van der Waals surface area (Å²) in [6.07, 6.45) is 0. The Balaban J connectivity index is 2.46. The van der Waals surface area contributed by atoms with Crippen molar-refractivity contribution < 1.29 is 17.6 Å². The van der Waals surface area contributed by atoms with E-state index in [9.17, 15) is 17.6 Å². The molecule has 0 unspecified atom stereocenters. The van der Waals surface area contributed by atoms with Crippen LogP contribution in [0.15, 0.2) is 28.7 Å². The maximum Gasteiger partial charge on any atom is 0.206 e. The Morgan fingerprint density at radius 2 is 1.62 bits per heavy atom. The van der Waals surface area contributed by atoms with Crippen molar-refractivity contribution in [3.05, 3.63) is 52.0 Å². The number of benzene rings is 2. The number of rotatable bonds is 1. The minimum absolute atomic E-state index is 0.00637. The lowest BCUT2D eigenvalue weighted by Gasteiger charge is -2.10. The van der Waals surface area contributed by atoms with Gasteiger partial charge in [-0.15, -0.1) is 0 Å². The topological polar surface area (TPSA) is 43.8 Å². The first-order chi connectivity index (χ1) is 9.90. The highest BCUT2D eigenvalue weighted by atomic mass is 79.9. The van der Waals surface area contributed by atoms with E-state index in [0.717, 1.165) is 18.2 Å². The molecule has 0 radical (unpaired) electrons. The Bertz CT molecular complexity index is 852. The molecule has 1 aromatic heterocycles. The van der Waals surface area contributed by atoms with Gasteiger partial charge < -0.3 is 5.73 Å². The summed E-state index contributed by atoms with van der Waals surface area (Å²) in [4.78, 5) is 3.79. The number of nitrogens with zero attached hydrogens (tertiary/aromatic N) is 2. The second-order valence-electron chi connectivity index (χ2n) is 4.25. The number of hydrogen-bond donors (Lipinski definition) is 1. The molecule has 0 saturated carbocycles. The van der Waals surface area contributed by atoms with E-state index in [0.29, 0.717) is 4.57 Å². The Kier molecular flexibility index (Phi) is 3.12. The smallest absolute Gasteiger partial charge is 0.206 e. The molecule has 2 N–H and O–H groups in total. The highest BCUT2D eigenvalue weighted by Crippen LogP contribution is 2.31. The molecule has 0 atom stereocenters. The number of hydrogen-bond acceptors (Lipinski definition) is 2. The number of nitrogen functional groups attached to an aromatic ring is 1. The van der Waals surface area contributed by atoms with Gasteiger partial charge in [0.1, 0.15) is 11.2 Å². The number of nitrogens with two attached hydrogens (primary N) is 1. The maximum atomic E-state index is 14.0. The molecule has 0 bridgehead atoms. The minimum Gasteiger partial charge on any atom is -0.369 e. The van der Waals surface area contributed by atoms with Gasteiger partial charge >= 0.3 is 0 Å². The van der Waals surface area contributed by atoms with Crippen LogP contribution in [0.3, 0.4) is 0 Å². The molecule has 3 nitrogen and oxygen atoms in total. The van der Waals surface area contributed by atoms with Crippen LogP contribution >= 0.6 is 15.9 Å². The predicted molar refractivity (Wildman–Crippen MR) is 73.0 cm³/mol. The molecule has 0 aliphatic carbocycles. The summed E-state index contributed by atoms with van der Waals surface area (Å²) in [5.41, 5.74) is 4.55. The average molecular weight is 360 g/mol. The van der Waals surface area contributed by atoms with Crippen molar-refractivity contribution >= 4 is 32.9 Å². The number of halogens is 5. The van der Waals surface area contributed by atoms with E-state index >= 15 is 0 Å². The second-order valence-corrected chi connectivity index (χ2v) is 5.17. The normalized spacial score (nSPS) is 11.3. The van der Waals surface area contributed by atoms with Crippen molar-refractivity contribution in [2.24, 2.45) is 0 Å². The van der Waals surface area contributed by atoms with E-state index < -0.39 is 34.5 Å². The van der Waals surface area contributed by atoms with E-state index in [1.165, 1.54) is 6.07 Å². The van der Waals surface area contributed by atoms with Gasteiger partial charge in [-0.2, -0.15) is 0 Å². The first-order valence-corrected chi connectivity index (χ1v) is 6.46. The van der Waals surface area contributed by atoms with Crippen LogP contribution in [0.25, 0.3) is 16.7 Å².